The van der Waals surface area contributed by atoms with Crippen LogP contribution in [0.15, 0.2) is 0 Å². The summed E-state index contributed by atoms with van der Waals surface area (Å²) in [7, 11) is 0. The number of amides is 1. The Bertz CT molecular complexity index is 599. The van der Waals surface area contributed by atoms with Crippen LogP contribution in [0.5, 0.6) is 0 Å². The van der Waals surface area contributed by atoms with Crippen molar-refractivity contribution < 1.29 is 25.6 Å². The number of carbonyl (C=O) groups excluding carboxylic acids is 2. The fourth-order valence-corrected chi connectivity index (χ4v) is 5.48. The summed E-state index contributed by atoms with van der Waals surface area (Å²) in [5.41, 5.74) is 0. The molecule has 1 atom stereocenters. The Labute approximate surface area is 254 Å². The number of nitrogens with one attached hydrogen (secondary N) is 1. The molecule has 41 heavy (non-hydrogen) atoms. The Hall–Kier alpha value is -1.48. The van der Waals surface area contributed by atoms with E-state index in [0.29, 0.717) is 12.8 Å². The maximum Gasteiger partial charge on any atom is 0.305 e. The molecule has 0 bridgehead atoms. The topological polar surface area (TPSA) is 83.5 Å². The summed E-state index contributed by atoms with van der Waals surface area (Å²) in [6.07, 6.45) is 32.9. The number of unbranched alkanes of at least 4 members (excludes halogenated alkanes) is 24. The Morgan fingerprint density at radius 2 is 0.780 bits per heavy atom. The zero-order chi connectivity index (χ0) is 29.5. The predicted molar refractivity (Wildman–Crippen MR) is 170 cm³/mol. The molecule has 0 rings (SSSR count). The molecule has 0 fully saturated rings. The molecule has 0 aliphatic heterocycles. The van der Waals surface area contributed by atoms with Gasteiger partial charge in [0.2, 0.25) is 5.91 Å². The van der Waals surface area contributed by atoms with Crippen molar-refractivity contribution in [2.45, 2.75) is 206 Å². The van der Waals surface area contributed by atoms with Crippen LogP contribution in [-0.2, 0) is 14.4 Å². The molecule has 1 unspecified atom stereocenters. The Balaban J connectivity index is 0. The van der Waals surface area contributed by atoms with E-state index >= 15 is 0 Å². The minimum Gasteiger partial charge on any atom is -0.481 e. The summed E-state index contributed by atoms with van der Waals surface area (Å²) in [5, 5.41) is 11.9. The molecule has 0 radical (unpaired) electrons. The van der Waals surface area contributed by atoms with Gasteiger partial charge in [0.05, 0.1) is 12.5 Å². The summed E-state index contributed by atoms with van der Waals surface area (Å²) in [6.45, 7) is 4.51. The average Bonchev–Trinajstić information content (AvgIpc) is 2.93. The molecule has 2 N–H and O–H groups in total. The minimum absolute atomic E-state index is 0. The maximum absolute atomic E-state index is 12.6. The molecule has 0 aromatic rings. The third kappa shape index (κ3) is 31.3. The molecule has 0 aliphatic carbocycles. The van der Waals surface area contributed by atoms with E-state index in [-0.39, 0.29) is 24.3 Å². The third-order valence-corrected chi connectivity index (χ3v) is 8.14. The molecule has 0 saturated carbocycles. The Morgan fingerprint density at radius 1 is 0.488 bits per heavy atom. The quantitative estimate of drug-likeness (QED) is 0.0789. The zero-order valence-corrected chi connectivity index (χ0v) is 27.5. The van der Waals surface area contributed by atoms with Gasteiger partial charge in [0.1, 0.15) is 0 Å². The smallest absolute Gasteiger partial charge is 0.305 e. The number of carbonyl (C=O) groups is 3. The van der Waals surface area contributed by atoms with Crippen LogP contribution >= 0.6 is 0 Å². The molecule has 0 aromatic carbocycles. The van der Waals surface area contributed by atoms with Crippen LogP contribution in [0.3, 0.4) is 0 Å². The molecule has 0 heterocycles. The summed E-state index contributed by atoms with van der Waals surface area (Å²) in [6, 6.07) is -0.885. The van der Waals surface area contributed by atoms with E-state index in [1.807, 2.05) is 0 Å². The molecular formula is C35H67HeNO4. The normalized spacial score (nSPS) is 11.7. The van der Waals surface area contributed by atoms with E-state index in [2.05, 4.69) is 19.2 Å². The standard InChI is InChI=1S/C35H67NO4.He/c1-3-5-7-9-11-13-15-17-19-21-23-25-27-29-33(37)32(31-35(39)40)36-34(38)30-28-26-24-22-20-18-16-14-12-10-8-6-4-2;/h32H,3-31H2,1-2H3,(H,36,38)(H,39,40);. The van der Waals surface area contributed by atoms with Crippen molar-refractivity contribution in [2.24, 2.45) is 0 Å². The summed E-state index contributed by atoms with van der Waals surface area (Å²) < 4.78 is 0. The Kier molecular flexibility index (Phi) is 33.6. The SMILES string of the molecule is CCCCCCCCCCCCCCCC(=O)NC(CC(=O)O)C(=O)CCCCCCCCCCCCCCC.[He]. The second-order valence-corrected chi connectivity index (χ2v) is 12.2. The fraction of sp³-hybridized carbons (Fsp3) is 0.914. The summed E-state index contributed by atoms with van der Waals surface area (Å²) in [4.78, 5) is 36.3. The third-order valence-electron chi connectivity index (χ3n) is 8.14. The number of carboxylic acids is 1. The van der Waals surface area contributed by atoms with Gasteiger partial charge in [0, 0.05) is 19.0 Å². The van der Waals surface area contributed by atoms with Crippen LogP contribution in [0.2, 0.25) is 0 Å². The number of ketones is 1. The molecular weight excluding hydrogens is 502 g/mol. The van der Waals surface area contributed by atoms with Gasteiger partial charge in [-0.25, -0.2) is 0 Å². The van der Waals surface area contributed by atoms with E-state index in [0.717, 1.165) is 38.5 Å². The van der Waals surface area contributed by atoms with E-state index in [4.69, 9.17) is 0 Å². The first-order valence-corrected chi connectivity index (χ1v) is 17.5. The Morgan fingerprint density at radius 3 is 1.10 bits per heavy atom. The molecule has 238 valence electrons. The first-order chi connectivity index (χ1) is 19.5. The van der Waals surface area contributed by atoms with Crippen molar-refractivity contribution in [3.05, 3.63) is 0 Å². The molecule has 5 nitrogen and oxygen atoms in total. The fourth-order valence-electron chi connectivity index (χ4n) is 5.48. The average molecular weight is 570 g/mol. The molecule has 0 saturated heterocycles. The van der Waals surface area contributed by atoms with E-state index in [9.17, 15) is 19.5 Å². The van der Waals surface area contributed by atoms with Gasteiger partial charge >= 0.3 is 5.97 Å². The van der Waals surface area contributed by atoms with Gasteiger partial charge in [0.25, 0.3) is 0 Å². The van der Waals surface area contributed by atoms with Gasteiger partial charge in [-0.15, -0.1) is 0 Å². The minimum atomic E-state index is -1.04. The van der Waals surface area contributed by atoms with Gasteiger partial charge in [-0.1, -0.05) is 168 Å². The van der Waals surface area contributed by atoms with Crippen LogP contribution in [0, 0.1) is 6.15 Å². The number of Topliss-reactive ketones (excluding diaryl/α,β-unsaturated/α-hetero) is 1. The van der Waals surface area contributed by atoms with Crippen molar-refractivity contribution in [3.8, 4) is 0 Å². The molecule has 1 amide bonds. The largest absolute Gasteiger partial charge is 0.481 e. The van der Waals surface area contributed by atoms with Gasteiger partial charge < -0.3 is 10.4 Å². The van der Waals surface area contributed by atoms with Crippen LogP contribution < -0.4 is 5.32 Å². The van der Waals surface area contributed by atoms with Gasteiger partial charge in [-0.05, 0) is 12.8 Å². The van der Waals surface area contributed by atoms with Gasteiger partial charge in [0.15, 0.2) is 5.78 Å². The van der Waals surface area contributed by atoms with Crippen LogP contribution in [0.25, 0.3) is 0 Å². The number of rotatable bonds is 32. The van der Waals surface area contributed by atoms with Gasteiger partial charge in [-0.2, -0.15) is 0 Å². The second-order valence-electron chi connectivity index (χ2n) is 12.2. The first-order valence-electron chi connectivity index (χ1n) is 17.5. The molecule has 0 aromatic heterocycles. The molecule has 6 heteroatoms. The van der Waals surface area contributed by atoms with Crippen molar-refractivity contribution in [3.63, 3.8) is 0 Å². The van der Waals surface area contributed by atoms with E-state index in [1.165, 1.54) is 128 Å². The second kappa shape index (κ2) is 33.0. The number of hydrogen-bond donors (Lipinski definition) is 2. The molecule has 0 spiro atoms. The number of carboxylic acid groups (broad SMARTS) is 1. The van der Waals surface area contributed by atoms with Crippen molar-refractivity contribution in [1.82, 2.24) is 5.32 Å². The van der Waals surface area contributed by atoms with Crippen molar-refractivity contribution >= 4 is 17.7 Å². The number of hydrogen-bond acceptors (Lipinski definition) is 3. The zero-order valence-electron chi connectivity index (χ0n) is 27.5. The summed E-state index contributed by atoms with van der Waals surface area (Å²) in [5.74, 6) is -1.36. The number of aliphatic carboxylic acids is 1. The van der Waals surface area contributed by atoms with Crippen LogP contribution in [-0.4, -0.2) is 28.8 Å². The molecule has 0 aliphatic rings. The first kappa shape index (κ1) is 41.7. The van der Waals surface area contributed by atoms with Crippen molar-refractivity contribution in [1.29, 1.82) is 0 Å². The predicted octanol–water partition coefficient (Wildman–Crippen LogP) is 10.5. The van der Waals surface area contributed by atoms with Gasteiger partial charge in [-0.3, -0.25) is 14.4 Å². The van der Waals surface area contributed by atoms with Crippen molar-refractivity contribution in [2.75, 3.05) is 0 Å². The van der Waals surface area contributed by atoms with E-state index < -0.39 is 12.0 Å². The summed E-state index contributed by atoms with van der Waals surface area (Å²) >= 11 is 0. The maximum atomic E-state index is 12.6. The van der Waals surface area contributed by atoms with E-state index in [1.54, 1.807) is 0 Å². The van der Waals surface area contributed by atoms with Crippen LogP contribution in [0.4, 0.5) is 0 Å². The van der Waals surface area contributed by atoms with Crippen LogP contribution in [0.1, 0.15) is 200 Å². The monoisotopic (exact) mass is 570 g/mol.